The average molecular weight is 181 g/mol. The van der Waals surface area contributed by atoms with Crippen molar-refractivity contribution < 1.29 is 9.47 Å². The van der Waals surface area contributed by atoms with E-state index in [2.05, 4.69) is 6.07 Å². The minimum atomic E-state index is -0.136. The van der Waals surface area contributed by atoms with Crippen molar-refractivity contribution in [2.45, 2.75) is 49.9 Å². The van der Waals surface area contributed by atoms with Crippen LogP contribution < -0.4 is 0 Å². The van der Waals surface area contributed by atoms with Gasteiger partial charge in [-0.2, -0.15) is 5.26 Å². The number of nitrogens with zero attached hydrogens (tertiary/aromatic N) is 1. The molecule has 2 fully saturated rings. The molecule has 1 spiro atoms. The second-order valence-electron chi connectivity index (χ2n) is 3.98. The van der Waals surface area contributed by atoms with Crippen LogP contribution in [0.15, 0.2) is 0 Å². The maximum Gasteiger partial charge on any atom is 0.173 e. The highest BCUT2D eigenvalue weighted by molar-refractivity contribution is 5.14. The lowest BCUT2D eigenvalue weighted by molar-refractivity contribution is 0.0881. The molecule has 0 aromatic rings. The Hall–Kier alpha value is -0.590. The van der Waals surface area contributed by atoms with E-state index < -0.39 is 0 Å². The van der Waals surface area contributed by atoms with Gasteiger partial charge in [-0.1, -0.05) is 0 Å². The number of ether oxygens (including phenoxy) is 2. The fraction of sp³-hybridized carbons (Fsp3) is 0.900. The molecule has 0 aromatic heterocycles. The zero-order chi connectivity index (χ0) is 9.31. The Bertz CT molecular complexity index is 236. The molecule has 1 heterocycles. The molecule has 1 saturated heterocycles. The summed E-state index contributed by atoms with van der Waals surface area (Å²) < 4.78 is 10.8. The van der Waals surface area contributed by atoms with Gasteiger partial charge in [-0.05, 0) is 32.1 Å². The molecule has 1 aliphatic heterocycles. The van der Waals surface area contributed by atoms with E-state index in [1.807, 2.05) is 0 Å². The highest BCUT2D eigenvalue weighted by atomic mass is 16.6. The molecule has 3 unspecified atom stereocenters. The predicted molar refractivity (Wildman–Crippen MR) is 47.1 cm³/mol. The van der Waals surface area contributed by atoms with Crippen LogP contribution in [0.1, 0.15) is 32.1 Å². The molecular weight excluding hydrogens is 166 g/mol. The van der Waals surface area contributed by atoms with Crippen molar-refractivity contribution in [1.29, 1.82) is 5.26 Å². The van der Waals surface area contributed by atoms with Gasteiger partial charge in [-0.15, -0.1) is 0 Å². The van der Waals surface area contributed by atoms with E-state index in [1.165, 1.54) is 0 Å². The van der Waals surface area contributed by atoms with Gasteiger partial charge in [0.25, 0.3) is 0 Å². The first-order valence-corrected chi connectivity index (χ1v) is 4.91. The largest absolute Gasteiger partial charge is 0.381 e. The Morgan fingerprint density at radius 2 is 2.31 bits per heavy atom. The summed E-state index contributed by atoms with van der Waals surface area (Å²) in [5, 5.41) is 8.73. The minimum Gasteiger partial charge on any atom is -0.381 e. The Morgan fingerprint density at radius 3 is 2.92 bits per heavy atom. The van der Waals surface area contributed by atoms with E-state index in [9.17, 15) is 0 Å². The topological polar surface area (TPSA) is 45.5 Å². The van der Waals surface area contributed by atoms with Crippen LogP contribution in [0.5, 0.6) is 0 Å². The summed E-state index contributed by atoms with van der Waals surface area (Å²) in [6, 6.07) is 2.20. The maximum atomic E-state index is 8.73. The summed E-state index contributed by atoms with van der Waals surface area (Å²) in [6.07, 6.45) is 5.53. The lowest BCUT2D eigenvalue weighted by Crippen LogP contribution is -2.14. The predicted octanol–water partition coefficient (Wildman–Crippen LogP) is 1.63. The SMILES string of the molecule is COC1CCCC2(CC1)OC2C#N. The maximum absolute atomic E-state index is 8.73. The van der Waals surface area contributed by atoms with Gasteiger partial charge in [-0.3, -0.25) is 0 Å². The van der Waals surface area contributed by atoms with E-state index in [1.54, 1.807) is 7.11 Å². The summed E-state index contributed by atoms with van der Waals surface area (Å²) in [4.78, 5) is 0. The van der Waals surface area contributed by atoms with Crippen molar-refractivity contribution in [3.63, 3.8) is 0 Å². The number of nitriles is 1. The van der Waals surface area contributed by atoms with Crippen molar-refractivity contribution in [2.24, 2.45) is 0 Å². The van der Waals surface area contributed by atoms with Crippen LogP contribution >= 0.6 is 0 Å². The van der Waals surface area contributed by atoms with Crippen LogP contribution in [0.4, 0.5) is 0 Å². The number of methoxy groups -OCH3 is 1. The quantitative estimate of drug-likeness (QED) is 0.577. The van der Waals surface area contributed by atoms with Gasteiger partial charge in [0.05, 0.1) is 12.2 Å². The number of rotatable bonds is 1. The third kappa shape index (κ3) is 1.56. The molecule has 1 saturated carbocycles. The first kappa shape index (κ1) is 8.98. The normalized spacial score (nSPS) is 44.0. The van der Waals surface area contributed by atoms with Crippen LogP contribution in [0, 0.1) is 11.3 Å². The Balaban J connectivity index is 1.93. The van der Waals surface area contributed by atoms with E-state index in [0.29, 0.717) is 6.10 Å². The number of epoxide rings is 1. The molecule has 13 heavy (non-hydrogen) atoms. The van der Waals surface area contributed by atoms with Crippen molar-refractivity contribution in [2.75, 3.05) is 7.11 Å². The summed E-state index contributed by atoms with van der Waals surface area (Å²) in [6.45, 7) is 0. The fourth-order valence-corrected chi connectivity index (χ4v) is 2.26. The molecule has 2 rings (SSSR count). The molecular formula is C10H15NO2. The summed E-state index contributed by atoms with van der Waals surface area (Å²) in [5.41, 5.74) is -0.0813. The van der Waals surface area contributed by atoms with Crippen LogP contribution in [0.25, 0.3) is 0 Å². The highest BCUT2D eigenvalue weighted by Gasteiger charge is 2.56. The molecule has 3 nitrogen and oxygen atoms in total. The van der Waals surface area contributed by atoms with Crippen molar-refractivity contribution >= 4 is 0 Å². The lowest BCUT2D eigenvalue weighted by Gasteiger charge is -2.10. The highest BCUT2D eigenvalue weighted by Crippen LogP contribution is 2.46. The van der Waals surface area contributed by atoms with Crippen LogP contribution in [0.3, 0.4) is 0 Å². The average Bonchev–Trinajstić information content (AvgIpc) is 2.89. The Kier molecular flexibility index (Phi) is 2.27. The third-order valence-corrected chi connectivity index (χ3v) is 3.24. The minimum absolute atomic E-state index is 0.0813. The molecule has 0 N–H and O–H groups in total. The molecule has 3 atom stereocenters. The van der Waals surface area contributed by atoms with Crippen molar-refractivity contribution in [3.05, 3.63) is 0 Å². The summed E-state index contributed by atoms with van der Waals surface area (Å²) in [5.74, 6) is 0. The summed E-state index contributed by atoms with van der Waals surface area (Å²) in [7, 11) is 1.76. The fourth-order valence-electron chi connectivity index (χ4n) is 2.26. The van der Waals surface area contributed by atoms with Gasteiger partial charge in [0.2, 0.25) is 0 Å². The standard InChI is InChI=1S/C10H15NO2/c1-12-8-3-2-5-10(6-4-8)9(7-11)13-10/h8-9H,2-6H2,1H3. The number of hydrogen-bond donors (Lipinski definition) is 0. The van der Waals surface area contributed by atoms with E-state index >= 15 is 0 Å². The van der Waals surface area contributed by atoms with E-state index in [-0.39, 0.29) is 11.7 Å². The van der Waals surface area contributed by atoms with Crippen molar-refractivity contribution in [3.8, 4) is 6.07 Å². The molecule has 0 amide bonds. The Morgan fingerprint density at radius 1 is 1.46 bits per heavy atom. The molecule has 72 valence electrons. The van der Waals surface area contributed by atoms with Crippen LogP contribution in [-0.2, 0) is 9.47 Å². The number of hydrogen-bond acceptors (Lipinski definition) is 3. The molecule has 1 aliphatic carbocycles. The third-order valence-electron chi connectivity index (χ3n) is 3.24. The molecule has 3 heteroatoms. The van der Waals surface area contributed by atoms with Gasteiger partial charge in [0.1, 0.15) is 5.60 Å². The molecule has 0 bridgehead atoms. The first-order chi connectivity index (χ1) is 6.30. The van der Waals surface area contributed by atoms with E-state index in [4.69, 9.17) is 14.7 Å². The molecule has 0 aromatic carbocycles. The van der Waals surface area contributed by atoms with Crippen molar-refractivity contribution in [1.82, 2.24) is 0 Å². The van der Waals surface area contributed by atoms with Gasteiger partial charge in [0, 0.05) is 7.11 Å². The summed E-state index contributed by atoms with van der Waals surface area (Å²) >= 11 is 0. The smallest absolute Gasteiger partial charge is 0.173 e. The van der Waals surface area contributed by atoms with Gasteiger partial charge in [0.15, 0.2) is 6.10 Å². The monoisotopic (exact) mass is 181 g/mol. The van der Waals surface area contributed by atoms with Crippen LogP contribution in [-0.4, -0.2) is 24.9 Å². The lowest BCUT2D eigenvalue weighted by atomic mass is 9.97. The second-order valence-corrected chi connectivity index (χ2v) is 3.98. The first-order valence-electron chi connectivity index (χ1n) is 4.91. The Labute approximate surface area is 78.6 Å². The van der Waals surface area contributed by atoms with Gasteiger partial charge >= 0.3 is 0 Å². The van der Waals surface area contributed by atoms with Gasteiger partial charge < -0.3 is 9.47 Å². The molecule has 0 radical (unpaired) electrons. The zero-order valence-electron chi connectivity index (χ0n) is 7.95. The zero-order valence-corrected chi connectivity index (χ0v) is 7.95. The molecule has 2 aliphatic rings. The second kappa shape index (κ2) is 3.28. The van der Waals surface area contributed by atoms with Gasteiger partial charge in [-0.25, -0.2) is 0 Å². The van der Waals surface area contributed by atoms with Crippen LogP contribution in [0.2, 0.25) is 0 Å². The van der Waals surface area contributed by atoms with E-state index in [0.717, 1.165) is 32.1 Å².